The number of nitrogens with one attached hydrogen (secondary N) is 1. The van der Waals surface area contributed by atoms with Gasteiger partial charge in [-0.25, -0.2) is 8.42 Å². The maximum Gasteiger partial charge on any atom is 0.249 e. The fraction of sp³-hybridized carbons (Fsp3) is 0.316. The molecule has 0 spiro atoms. The number of carbonyl (C=O) groups is 1. The summed E-state index contributed by atoms with van der Waals surface area (Å²) in [7, 11) is -2.26. The third-order valence-electron chi connectivity index (χ3n) is 4.86. The number of carbonyl (C=O) groups excluding carboxylic acids is 1. The zero-order valence-corrected chi connectivity index (χ0v) is 15.8. The first kappa shape index (κ1) is 18.3. The molecule has 2 aromatic carbocycles. The van der Waals surface area contributed by atoms with Crippen LogP contribution in [-0.2, 0) is 14.8 Å². The van der Waals surface area contributed by atoms with E-state index in [1.807, 2.05) is 13.0 Å². The number of methoxy groups -OCH3 is 1. The number of ether oxygens (including phenoxy) is 1. The van der Waals surface area contributed by atoms with Crippen LogP contribution in [0.5, 0.6) is 5.75 Å². The molecule has 1 amide bonds. The molecule has 138 valence electrons. The van der Waals surface area contributed by atoms with Gasteiger partial charge in [0.2, 0.25) is 15.9 Å². The van der Waals surface area contributed by atoms with Crippen LogP contribution in [0.2, 0.25) is 0 Å². The molecule has 26 heavy (non-hydrogen) atoms. The van der Waals surface area contributed by atoms with E-state index in [0.717, 1.165) is 5.56 Å². The second-order valence-electron chi connectivity index (χ2n) is 6.53. The van der Waals surface area contributed by atoms with Gasteiger partial charge in [0.05, 0.1) is 12.8 Å². The van der Waals surface area contributed by atoms with Gasteiger partial charge in [-0.05, 0) is 56.2 Å². The van der Waals surface area contributed by atoms with Crippen molar-refractivity contribution in [3.05, 3.63) is 54.1 Å². The number of benzene rings is 2. The lowest BCUT2D eigenvalue weighted by atomic mass is 10.1. The number of aryl methyl sites for hydroxylation is 1. The molecule has 0 radical (unpaired) electrons. The second-order valence-corrected chi connectivity index (χ2v) is 8.82. The van der Waals surface area contributed by atoms with Crippen LogP contribution in [0.1, 0.15) is 18.9 Å². The van der Waals surface area contributed by atoms with E-state index < -0.39 is 20.7 Å². The summed E-state index contributed by atoms with van der Waals surface area (Å²) in [4.78, 5) is 12.9. The third-order valence-corrected chi connectivity index (χ3v) is 7.36. The predicted octanol–water partition coefficient (Wildman–Crippen LogP) is 2.94. The Morgan fingerprint density at radius 3 is 2.50 bits per heavy atom. The molecular formula is C19H22N2O4S. The maximum absolute atomic E-state index is 13.1. The standard InChI is InChI=1S/C19H22N2O4S/c1-14-13-16(25-3)9-10-17(14)20-18(22)19(2)11-12-21(26(19,23)24)15-7-5-4-6-8-15/h4-10,13H,11-12H2,1-3H3,(H,20,22). The first-order valence-electron chi connectivity index (χ1n) is 8.33. The van der Waals surface area contributed by atoms with Crippen molar-refractivity contribution >= 4 is 27.3 Å². The van der Waals surface area contributed by atoms with Crippen LogP contribution in [0.3, 0.4) is 0 Å². The van der Waals surface area contributed by atoms with E-state index in [0.29, 0.717) is 17.1 Å². The summed E-state index contributed by atoms with van der Waals surface area (Å²) in [5, 5.41) is 2.77. The van der Waals surface area contributed by atoms with Crippen LogP contribution in [0.25, 0.3) is 0 Å². The molecule has 1 atom stereocenters. The molecular weight excluding hydrogens is 352 g/mol. The molecule has 1 aliphatic heterocycles. The Morgan fingerprint density at radius 2 is 1.88 bits per heavy atom. The number of hydrogen-bond donors (Lipinski definition) is 1. The Morgan fingerprint density at radius 1 is 1.19 bits per heavy atom. The summed E-state index contributed by atoms with van der Waals surface area (Å²) >= 11 is 0. The molecule has 1 heterocycles. The minimum Gasteiger partial charge on any atom is -0.497 e. The highest BCUT2D eigenvalue weighted by Gasteiger charge is 2.54. The SMILES string of the molecule is COc1ccc(NC(=O)C2(C)CCN(c3ccccc3)S2(=O)=O)c(C)c1. The molecule has 3 rings (SSSR count). The average molecular weight is 374 g/mol. The largest absolute Gasteiger partial charge is 0.497 e. The third kappa shape index (κ3) is 2.92. The summed E-state index contributed by atoms with van der Waals surface area (Å²) in [5.74, 6) is 0.152. The predicted molar refractivity (Wildman–Crippen MR) is 102 cm³/mol. The minimum atomic E-state index is -3.83. The number of amides is 1. The molecule has 7 heteroatoms. The average Bonchev–Trinajstić information content (AvgIpc) is 2.88. The number of rotatable bonds is 4. The van der Waals surface area contributed by atoms with Gasteiger partial charge in [-0.15, -0.1) is 0 Å². The topological polar surface area (TPSA) is 75.7 Å². The summed E-state index contributed by atoms with van der Waals surface area (Å²) in [5.41, 5.74) is 1.95. The van der Waals surface area contributed by atoms with Gasteiger partial charge in [0.1, 0.15) is 5.75 Å². The van der Waals surface area contributed by atoms with Crippen LogP contribution in [0.4, 0.5) is 11.4 Å². The van der Waals surface area contributed by atoms with E-state index in [4.69, 9.17) is 4.74 Å². The van der Waals surface area contributed by atoms with Crippen molar-refractivity contribution in [2.24, 2.45) is 0 Å². The maximum atomic E-state index is 13.1. The summed E-state index contributed by atoms with van der Waals surface area (Å²) < 4.78 is 31.1. The fourth-order valence-corrected chi connectivity index (χ4v) is 4.91. The lowest BCUT2D eigenvalue weighted by Crippen LogP contribution is -2.47. The van der Waals surface area contributed by atoms with E-state index in [1.54, 1.807) is 49.6 Å². The van der Waals surface area contributed by atoms with E-state index in [2.05, 4.69) is 5.32 Å². The Balaban J connectivity index is 1.87. The zero-order chi connectivity index (χ0) is 18.9. The van der Waals surface area contributed by atoms with Crippen molar-refractivity contribution in [1.82, 2.24) is 0 Å². The number of hydrogen-bond acceptors (Lipinski definition) is 4. The van der Waals surface area contributed by atoms with Gasteiger partial charge < -0.3 is 10.1 Å². The van der Waals surface area contributed by atoms with E-state index in [1.165, 1.54) is 11.2 Å². The van der Waals surface area contributed by atoms with Gasteiger partial charge in [0.15, 0.2) is 4.75 Å². The first-order chi connectivity index (χ1) is 12.3. The highest BCUT2D eigenvalue weighted by Crippen LogP contribution is 2.37. The number of para-hydroxylation sites is 1. The molecule has 1 saturated heterocycles. The van der Waals surface area contributed by atoms with Gasteiger partial charge in [-0.1, -0.05) is 18.2 Å². The second kappa shape index (κ2) is 6.64. The van der Waals surface area contributed by atoms with Gasteiger partial charge >= 0.3 is 0 Å². The normalized spacial score (nSPS) is 21.4. The number of anilines is 2. The smallest absolute Gasteiger partial charge is 0.249 e. The molecule has 1 fully saturated rings. The monoisotopic (exact) mass is 374 g/mol. The van der Waals surface area contributed by atoms with Crippen LogP contribution in [-0.4, -0.2) is 32.7 Å². The Kier molecular flexibility index (Phi) is 4.66. The summed E-state index contributed by atoms with van der Waals surface area (Å²) in [6.07, 6.45) is 0.227. The fourth-order valence-electron chi connectivity index (χ4n) is 3.06. The molecule has 1 N–H and O–H groups in total. The Labute approximate surface area is 153 Å². The lowest BCUT2D eigenvalue weighted by Gasteiger charge is -2.25. The van der Waals surface area contributed by atoms with Crippen LogP contribution < -0.4 is 14.4 Å². The van der Waals surface area contributed by atoms with E-state index in [-0.39, 0.29) is 13.0 Å². The van der Waals surface area contributed by atoms with Crippen molar-refractivity contribution in [3.63, 3.8) is 0 Å². The summed E-state index contributed by atoms with van der Waals surface area (Å²) in [6.45, 7) is 3.59. The van der Waals surface area contributed by atoms with E-state index >= 15 is 0 Å². The lowest BCUT2D eigenvalue weighted by molar-refractivity contribution is -0.118. The van der Waals surface area contributed by atoms with Crippen molar-refractivity contribution in [3.8, 4) is 5.75 Å². The molecule has 6 nitrogen and oxygen atoms in total. The molecule has 1 unspecified atom stereocenters. The van der Waals surface area contributed by atoms with Crippen molar-refractivity contribution in [2.75, 3.05) is 23.3 Å². The minimum absolute atomic E-state index is 0.227. The molecule has 0 aromatic heterocycles. The zero-order valence-electron chi connectivity index (χ0n) is 15.0. The summed E-state index contributed by atoms with van der Waals surface area (Å²) in [6, 6.07) is 14.1. The first-order valence-corrected chi connectivity index (χ1v) is 9.77. The van der Waals surface area contributed by atoms with E-state index in [9.17, 15) is 13.2 Å². The molecule has 0 saturated carbocycles. The molecule has 1 aliphatic rings. The van der Waals surface area contributed by atoms with Crippen LogP contribution >= 0.6 is 0 Å². The van der Waals surface area contributed by atoms with Gasteiger partial charge in [0, 0.05) is 12.2 Å². The Bertz CT molecular complexity index is 928. The highest BCUT2D eigenvalue weighted by atomic mass is 32.2. The van der Waals surface area contributed by atoms with Crippen molar-refractivity contribution < 1.29 is 17.9 Å². The van der Waals surface area contributed by atoms with Crippen LogP contribution in [0.15, 0.2) is 48.5 Å². The molecule has 0 aliphatic carbocycles. The molecule has 0 bridgehead atoms. The van der Waals surface area contributed by atoms with Gasteiger partial charge in [-0.2, -0.15) is 0 Å². The van der Waals surface area contributed by atoms with Gasteiger partial charge in [0.25, 0.3) is 0 Å². The highest BCUT2D eigenvalue weighted by molar-refractivity contribution is 7.95. The van der Waals surface area contributed by atoms with Crippen molar-refractivity contribution in [2.45, 2.75) is 25.0 Å². The van der Waals surface area contributed by atoms with Crippen LogP contribution in [0, 0.1) is 6.92 Å². The van der Waals surface area contributed by atoms with Crippen molar-refractivity contribution in [1.29, 1.82) is 0 Å². The Hall–Kier alpha value is -2.54. The number of sulfonamides is 1. The van der Waals surface area contributed by atoms with Gasteiger partial charge in [-0.3, -0.25) is 9.10 Å². The quantitative estimate of drug-likeness (QED) is 0.893. The molecule has 2 aromatic rings. The number of nitrogens with zero attached hydrogens (tertiary/aromatic N) is 1.